The highest BCUT2D eigenvalue weighted by molar-refractivity contribution is 5.92. The molecular weight excluding hydrogens is 230 g/mol. The van der Waals surface area contributed by atoms with Gasteiger partial charge in [-0.3, -0.25) is 4.98 Å². The molecule has 1 aromatic heterocycles. The summed E-state index contributed by atoms with van der Waals surface area (Å²) in [5.74, 6) is -0.584. The number of esters is 1. The molecule has 0 spiro atoms. The summed E-state index contributed by atoms with van der Waals surface area (Å²) in [4.78, 5) is 15.3. The molecule has 0 saturated carbocycles. The maximum Gasteiger partial charge on any atom is 0.340 e. The first-order valence-electron chi connectivity index (χ1n) is 5.17. The summed E-state index contributed by atoms with van der Waals surface area (Å²) in [6.07, 6.45) is -2.68. The molecule has 17 heavy (non-hydrogen) atoms. The van der Waals surface area contributed by atoms with Gasteiger partial charge in [-0.25, -0.2) is 13.6 Å². The van der Waals surface area contributed by atoms with Gasteiger partial charge >= 0.3 is 5.97 Å². The molecule has 0 aromatic carbocycles. The van der Waals surface area contributed by atoms with Crippen LogP contribution in [0.3, 0.4) is 0 Å². The highest BCUT2D eigenvalue weighted by Gasteiger charge is 2.20. The molecule has 4 nitrogen and oxygen atoms in total. The maximum atomic E-state index is 12.5. The summed E-state index contributed by atoms with van der Waals surface area (Å²) in [5, 5.41) is 0. The van der Waals surface area contributed by atoms with Crippen molar-refractivity contribution in [2.45, 2.75) is 26.8 Å². The van der Waals surface area contributed by atoms with Crippen LogP contribution in [-0.4, -0.2) is 17.6 Å². The predicted molar refractivity (Wildman–Crippen MR) is 57.8 cm³/mol. The summed E-state index contributed by atoms with van der Waals surface area (Å²) in [5.41, 5.74) is 5.78. The van der Waals surface area contributed by atoms with Gasteiger partial charge in [0.2, 0.25) is 0 Å². The Bertz CT molecular complexity index is 422. The van der Waals surface area contributed by atoms with Crippen molar-refractivity contribution in [1.82, 2.24) is 4.98 Å². The largest absolute Gasteiger partial charge is 0.462 e. The fraction of sp³-hybridized carbons (Fsp3) is 0.455. The van der Waals surface area contributed by atoms with E-state index in [4.69, 9.17) is 10.5 Å². The standard InChI is InChI=1S/C11H14F2N2O2/c1-3-17-11(16)9-6(2)15-8(10(12)13)4-7(9)5-14/h4,10H,3,5,14H2,1-2H3. The van der Waals surface area contributed by atoms with E-state index in [0.29, 0.717) is 5.56 Å². The Kier molecular flexibility index (Phi) is 4.51. The Labute approximate surface area is 97.8 Å². The number of alkyl halides is 2. The summed E-state index contributed by atoms with van der Waals surface area (Å²) in [6, 6.07) is 1.14. The first-order chi connectivity index (χ1) is 8.01. The number of aryl methyl sites for hydroxylation is 1. The van der Waals surface area contributed by atoms with Crippen molar-refractivity contribution in [2.75, 3.05) is 6.61 Å². The van der Waals surface area contributed by atoms with Crippen LogP contribution < -0.4 is 5.73 Å². The first kappa shape index (κ1) is 13.5. The fourth-order valence-corrected chi connectivity index (χ4v) is 1.52. The van der Waals surface area contributed by atoms with Crippen LogP contribution in [-0.2, 0) is 11.3 Å². The number of nitrogens with two attached hydrogens (primary N) is 1. The number of aromatic nitrogens is 1. The molecule has 0 aliphatic rings. The highest BCUT2D eigenvalue weighted by Crippen LogP contribution is 2.22. The smallest absolute Gasteiger partial charge is 0.340 e. The van der Waals surface area contributed by atoms with Gasteiger partial charge in [-0.1, -0.05) is 0 Å². The first-order valence-corrected chi connectivity index (χ1v) is 5.17. The van der Waals surface area contributed by atoms with Crippen LogP contribution >= 0.6 is 0 Å². The van der Waals surface area contributed by atoms with Gasteiger partial charge in [0.25, 0.3) is 6.43 Å². The molecular formula is C11H14F2N2O2. The molecule has 6 heteroatoms. The molecule has 1 heterocycles. The second-order valence-corrected chi connectivity index (χ2v) is 3.39. The van der Waals surface area contributed by atoms with Crippen molar-refractivity contribution in [3.8, 4) is 0 Å². The van der Waals surface area contributed by atoms with Crippen LogP contribution in [0, 0.1) is 6.92 Å². The monoisotopic (exact) mass is 244 g/mol. The topological polar surface area (TPSA) is 65.2 Å². The number of ether oxygens (including phenoxy) is 1. The zero-order valence-corrected chi connectivity index (χ0v) is 9.67. The third kappa shape index (κ3) is 2.97. The average molecular weight is 244 g/mol. The molecule has 0 radical (unpaired) electrons. The zero-order valence-electron chi connectivity index (χ0n) is 9.67. The Hall–Kier alpha value is -1.56. The van der Waals surface area contributed by atoms with Crippen LogP contribution in [0.4, 0.5) is 8.78 Å². The lowest BCUT2D eigenvalue weighted by Crippen LogP contribution is -2.15. The fourth-order valence-electron chi connectivity index (χ4n) is 1.52. The van der Waals surface area contributed by atoms with E-state index < -0.39 is 12.4 Å². The van der Waals surface area contributed by atoms with Crippen molar-refractivity contribution < 1.29 is 18.3 Å². The van der Waals surface area contributed by atoms with Gasteiger partial charge in [-0.05, 0) is 25.5 Å². The average Bonchev–Trinajstić information content (AvgIpc) is 2.27. The van der Waals surface area contributed by atoms with E-state index in [2.05, 4.69) is 4.98 Å². The number of halogens is 2. The SMILES string of the molecule is CCOC(=O)c1c(CN)cc(C(F)F)nc1C. The van der Waals surface area contributed by atoms with Crippen LogP contribution in [0.25, 0.3) is 0 Å². The third-order valence-corrected chi connectivity index (χ3v) is 2.22. The lowest BCUT2D eigenvalue weighted by Gasteiger charge is -2.11. The number of nitrogens with zero attached hydrogens (tertiary/aromatic N) is 1. The van der Waals surface area contributed by atoms with Gasteiger partial charge in [0, 0.05) is 6.54 Å². The van der Waals surface area contributed by atoms with E-state index in [1.54, 1.807) is 6.92 Å². The highest BCUT2D eigenvalue weighted by atomic mass is 19.3. The molecule has 0 atom stereocenters. The molecule has 0 aliphatic carbocycles. The Morgan fingerprint density at radius 1 is 1.59 bits per heavy atom. The van der Waals surface area contributed by atoms with Gasteiger partial charge < -0.3 is 10.5 Å². The number of rotatable bonds is 4. The van der Waals surface area contributed by atoms with Crippen molar-refractivity contribution in [1.29, 1.82) is 0 Å². The van der Waals surface area contributed by atoms with Crippen molar-refractivity contribution in [3.05, 3.63) is 28.6 Å². The van der Waals surface area contributed by atoms with Crippen molar-refractivity contribution >= 4 is 5.97 Å². The van der Waals surface area contributed by atoms with Gasteiger partial charge in [0.1, 0.15) is 5.69 Å². The van der Waals surface area contributed by atoms with E-state index in [0.717, 1.165) is 6.07 Å². The molecule has 0 aliphatic heterocycles. The van der Waals surface area contributed by atoms with E-state index in [-0.39, 0.29) is 30.1 Å². The van der Waals surface area contributed by atoms with Crippen molar-refractivity contribution in [3.63, 3.8) is 0 Å². The van der Waals surface area contributed by atoms with E-state index in [9.17, 15) is 13.6 Å². The normalized spacial score (nSPS) is 10.7. The molecule has 0 bridgehead atoms. The number of hydrogen-bond donors (Lipinski definition) is 1. The number of pyridine rings is 1. The molecule has 1 rings (SSSR count). The van der Waals surface area contributed by atoms with Crippen LogP contribution in [0.1, 0.15) is 40.7 Å². The third-order valence-electron chi connectivity index (χ3n) is 2.22. The minimum absolute atomic E-state index is 0.0166. The second kappa shape index (κ2) is 5.67. The molecule has 0 fully saturated rings. The van der Waals surface area contributed by atoms with E-state index in [1.807, 2.05) is 0 Å². The maximum absolute atomic E-state index is 12.5. The Balaban J connectivity index is 3.25. The summed E-state index contributed by atoms with van der Waals surface area (Å²) in [7, 11) is 0. The molecule has 94 valence electrons. The van der Waals surface area contributed by atoms with Gasteiger partial charge in [0.05, 0.1) is 17.9 Å². The van der Waals surface area contributed by atoms with E-state index in [1.165, 1.54) is 6.92 Å². The Morgan fingerprint density at radius 2 is 2.24 bits per heavy atom. The van der Waals surface area contributed by atoms with Gasteiger partial charge in [-0.15, -0.1) is 0 Å². The molecule has 0 amide bonds. The predicted octanol–water partition coefficient (Wildman–Crippen LogP) is 1.96. The summed E-state index contributed by atoms with van der Waals surface area (Å²) >= 11 is 0. The number of hydrogen-bond acceptors (Lipinski definition) is 4. The molecule has 0 saturated heterocycles. The second-order valence-electron chi connectivity index (χ2n) is 3.39. The van der Waals surface area contributed by atoms with Crippen LogP contribution in [0.2, 0.25) is 0 Å². The Morgan fingerprint density at radius 3 is 2.71 bits per heavy atom. The molecule has 1 aromatic rings. The number of carbonyl (C=O) groups excluding carboxylic acids is 1. The van der Waals surface area contributed by atoms with Gasteiger partial charge in [0.15, 0.2) is 0 Å². The minimum atomic E-state index is -2.68. The van der Waals surface area contributed by atoms with Gasteiger partial charge in [-0.2, -0.15) is 0 Å². The van der Waals surface area contributed by atoms with E-state index >= 15 is 0 Å². The molecule has 2 N–H and O–H groups in total. The zero-order chi connectivity index (χ0) is 13.0. The number of carbonyl (C=O) groups is 1. The summed E-state index contributed by atoms with van der Waals surface area (Å²) in [6.45, 7) is 3.34. The minimum Gasteiger partial charge on any atom is -0.462 e. The molecule has 0 unspecified atom stereocenters. The van der Waals surface area contributed by atoms with Crippen LogP contribution in [0.15, 0.2) is 6.07 Å². The van der Waals surface area contributed by atoms with Crippen molar-refractivity contribution in [2.24, 2.45) is 5.73 Å². The lowest BCUT2D eigenvalue weighted by atomic mass is 10.1. The quantitative estimate of drug-likeness (QED) is 0.822. The lowest BCUT2D eigenvalue weighted by molar-refractivity contribution is 0.0523. The van der Waals surface area contributed by atoms with Crippen LogP contribution in [0.5, 0.6) is 0 Å². The summed E-state index contributed by atoms with van der Waals surface area (Å²) < 4.78 is 29.9.